The van der Waals surface area contributed by atoms with Crippen LogP contribution in [0.3, 0.4) is 0 Å². The molecule has 0 spiro atoms. The van der Waals surface area contributed by atoms with Gasteiger partial charge in [-0.2, -0.15) is 0 Å². The summed E-state index contributed by atoms with van der Waals surface area (Å²) in [5.74, 6) is 0.368. The first-order valence-electron chi connectivity index (χ1n) is 12.9. The number of aliphatic hydroxyl groups is 1. The Hall–Kier alpha value is -4.10. The normalized spacial score (nSPS) is 16.8. The second kappa shape index (κ2) is 12.0. The average Bonchev–Trinajstić information content (AvgIpc) is 3.19. The Morgan fingerprint density at radius 2 is 1.63 bits per heavy atom. The van der Waals surface area contributed by atoms with Crippen molar-refractivity contribution in [2.45, 2.75) is 26.8 Å². The van der Waals surface area contributed by atoms with E-state index < -0.39 is 17.7 Å². The number of benzene rings is 3. The van der Waals surface area contributed by atoms with Gasteiger partial charge in [-0.3, -0.25) is 9.59 Å². The number of amides is 1. The van der Waals surface area contributed by atoms with Gasteiger partial charge in [-0.05, 0) is 73.6 Å². The molecule has 0 aliphatic carbocycles. The van der Waals surface area contributed by atoms with Crippen LogP contribution >= 0.6 is 0 Å². The molecular weight excluding hydrogens is 480 g/mol. The number of nitrogens with zero attached hydrogens (tertiary/aromatic N) is 2. The second-order valence-corrected chi connectivity index (χ2v) is 9.19. The first-order chi connectivity index (χ1) is 18.4. The van der Waals surface area contributed by atoms with Crippen LogP contribution in [0.1, 0.15) is 36.6 Å². The molecule has 3 aromatic rings. The van der Waals surface area contributed by atoms with Crippen molar-refractivity contribution in [2.24, 2.45) is 0 Å². The molecule has 1 unspecified atom stereocenters. The average molecular weight is 515 g/mol. The van der Waals surface area contributed by atoms with Crippen LogP contribution in [0.5, 0.6) is 17.2 Å². The number of aliphatic hydroxyl groups excluding tert-OH is 1. The Bertz CT molecular complexity index is 1330. The summed E-state index contributed by atoms with van der Waals surface area (Å²) in [5.41, 5.74) is 1.97. The van der Waals surface area contributed by atoms with E-state index in [9.17, 15) is 14.7 Å². The number of para-hydroxylation sites is 1. The number of aryl methyl sites for hydroxylation is 1. The number of rotatable bonds is 10. The summed E-state index contributed by atoms with van der Waals surface area (Å²) in [4.78, 5) is 30.5. The van der Waals surface area contributed by atoms with E-state index in [1.165, 1.54) is 0 Å². The van der Waals surface area contributed by atoms with Gasteiger partial charge in [-0.15, -0.1) is 0 Å². The predicted molar refractivity (Wildman–Crippen MR) is 147 cm³/mol. The molecule has 1 amide bonds. The van der Waals surface area contributed by atoms with E-state index in [0.29, 0.717) is 41.5 Å². The molecule has 1 saturated heterocycles. The molecule has 0 bridgehead atoms. The van der Waals surface area contributed by atoms with Crippen molar-refractivity contribution >= 4 is 17.4 Å². The maximum Gasteiger partial charge on any atom is 0.295 e. The molecule has 38 heavy (non-hydrogen) atoms. The smallest absolute Gasteiger partial charge is 0.295 e. The Morgan fingerprint density at radius 1 is 0.921 bits per heavy atom. The number of hydrogen-bond donors (Lipinski definition) is 1. The zero-order valence-electron chi connectivity index (χ0n) is 22.3. The van der Waals surface area contributed by atoms with E-state index in [1.54, 1.807) is 30.2 Å². The van der Waals surface area contributed by atoms with E-state index in [2.05, 4.69) is 18.7 Å². The lowest BCUT2D eigenvalue weighted by atomic mass is 9.93. The molecule has 1 aliphatic heterocycles. The van der Waals surface area contributed by atoms with Crippen molar-refractivity contribution in [3.63, 3.8) is 0 Å². The molecule has 1 atom stereocenters. The lowest BCUT2D eigenvalue weighted by Crippen LogP contribution is -2.38. The Kier molecular flexibility index (Phi) is 8.48. The summed E-state index contributed by atoms with van der Waals surface area (Å²) in [6.45, 7) is 8.57. The monoisotopic (exact) mass is 514 g/mol. The lowest BCUT2D eigenvalue weighted by molar-refractivity contribution is -0.140. The number of ketones is 1. The molecule has 0 radical (unpaired) electrons. The van der Waals surface area contributed by atoms with Crippen LogP contribution in [-0.4, -0.2) is 59.9 Å². The highest BCUT2D eigenvalue weighted by molar-refractivity contribution is 6.46. The Balaban J connectivity index is 1.80. The molecule has 198 valence electrons. The molecule has 1 fully saturated rings. The largest absolute Gasteiger partial charge is 0.507 e. The fourth-order valence-electron chi connectivity index (χ4n) is 4.79. The number of methoxy groups -OCH3 is 1. The van der Waals surface area contributed by atoms with Crippen LogP contribution < -0.4 is 9.47 Å². The van der Waals surface area contributed by atoms with Gasteiger partial charge in [-0.1, -0.05) is 44.2 Å². The van der Waals surface area contributed by atoms with Crippen LogP contribution in [0.15, 0.2) is 78.4 Å². The maximum atomic E-state index is 13.4. The van der Waals surface area contributed by atoms with Gasteiger partial charge >= 0.3 is 0 Å². The standard InChI is InChI=1S/C31H34N2O5/c1-5-32(6-2)17-18-33-28(22-11-10-14-25(20-22)38-23-12-8-7-9-13-23)27(30(35)31(33)36)29(34)26-16-15-24(37-4)19-21(26)3/h7-16,19-20,28,34H,5-6,17-18H2,1-4H3/b29-27+. The van der Waals surface area contributed by atoms with Crippen molar-refractivity contribution in [1.82, 2.24) is 9.80 Å². The molecule has 1 aliphatic rings. The quantitative estimate of drug-likeness (QED) is 0.217. The fraction of sp³-hybridized carbons (Fsp3) is 0.290. The summed E-state index contributed by atoms with van der Waals surface area (Å²) in [7, 11) is 1.57. The van der Waals surface area contributed by atoms with E-state index in [1.807, 2.05) is 61.5 Å². The highest BCUT2D eigenvalue weighted by Gasteiger charge is 2.46. The third-order valence-corrected chi connectivity index (χ3v) is 6.93. The third-order valence-electron chi connectivity index (χ3n) is 6.93. The molecule has 7 nitrogen and oxygen atoms in total. The molecule has 1 heterocycles. The summed E-state index contributed by atoms with van der Waals surface area (Å²) in [6, 6.07) is 21.2. The molecule has 0 saturated carbocycles. The van der Waals surface area contributed by atoms with E-state index in [-0.39, 0.29) is 11.3 Å². The molecule has 7 heteroatoms. The number of Topliss-reactive ketones (excluding diaryl/α,β-unsaturated/α-hetero) is 1. The van der Waals surface area contributed by atoms with E-state index in [4.69, 9.17) is 9.47 Å². The van der Waals surface area contributed by atoms with Gasteiger partial charge in [0.15, 0.2) is 0 Å². The minimum Gasteiger partial charge on any atom is -0.507 e. The zero-order chi connectivity index (χ0) is 27.2. The second-order valence-electron chi connectivity index (χ2n) is 9.19. The number of carbonyl (C=O) groups excluding carboxylic acids is 2. The summed E-state index contributed by atoms with van der Waals surface area (Å²) < 4.78 is 11.3. The number of hydrogen-bond acceptors (Lipinski definition) is 6. The summed E-state index contributed by atoms with van der Waals surface area (Å²) in [6.07, 6.45) is 0. The van der Waals surface area contributed by atoms with Crippen LogP contribution in [0, 0.1) is 6.92 Å². The molecule has 0 aromatic heterocycles. The molecule has 4 rings (SSSR count). The van der Waals surface area contributed by atoms with Crippen molar-refractivity contribution in [1.29, 1.82) is 0 Å². The minimum absolute atomic E-state index is 0.0691. The van der Waals surface area contributed by atoms with Crippen molar-refractivity contribution in [3.8, 4) is 17.2 Å². The third kappa shape index (κ3) is 5.58. The minimum atomic E-state index is -0.758. The zero-order valence-corrected chi connectivity index (χ0v) is 22.3. The molecule has 3 aromatic carbocycles. The number of ether oxygens (including phenoxy) is 2. The van der Waals surface area contributed by atoms with Crippen LogP contribution in [-0.2, 0) is 9.59 Å². The highest BCUT2D eigenvalue weighted by Crippen LogP contribution is 2.41. The number of likely N-dealkylation sites (N-methyl/N-ethyl adjacent to an activating group) is 1. The van der Waals surface area contributed by atoms with E-state index in [0.717, 1.165) is 18.7 Å². The van der Waals surface area contributed by atoms with Crippen LogP contribution in [0.4, 0.5) is 0 Å². The summed E-state index contributed by atoms with van der Waals surface area (Å²) >= 11 is 0. The topological polar surface area (TPSA) is 79.3 Å². The molecule has 1 N–H and O–H groups in total. The Labute approximate surface area is 223 Å². The van der Waals surface area contributed by atoms with Gasteiger partial charge in [0, 0.05) is 18.7 Å². The Morgan fingerprint density at radius 3 is 2.29 bits per heavy atom. The number of likely N-dealkylation sites (tertiary alicyclic amines) is 1. The van der Waals surface area contributed by atoms with Gasteiger partial charge in [-0.25, -0.2) is 0 Å². The fourth-order valence-corrected chi connectivity index (χ4v) is 4.79. The summed E-state index contributed by atoms with van der Waals surface area (Å²) in [5, 5.41) is 11.5. The van der Waals surface area contributed by atoms with Gasteiger partial charge in [0.05, 0.1) is 18.7 Å². The highest BCUT2D eigenvalue weighted by atomic mass is 16.5. The van der Waals surface area contributed by atoms with Crippen LogP contribution in [0.25, 0.3) is 5.76 Å². The first kappa shape index (κ1) is 26.9. The van der Waals surface area contributed by atoms with Gasteiger partial charge in [0.25, 0.3) is 11.7 Å². The van der Waals surface area contributed by atoms with Crippen molar-refractivity contribution in [2.75, 3.05) is 33.3 Å². The molecular formula is C31H34N2O5. The van der Waals surface area contributed by atoms with E-state index >= 15 is 0 Å². The SMILES string of the molecule is CCN(CC)CCN1C(=O)C(=O)/C(=C(/O)c2ccc(OC)cc2C)C1c1cccc(Oc2ccccc2)c1. The first-order valence-corrected chi connectivity index (χ1v) is 12.9. The predicted octanol–water partition coefficient (Wildman–Crippen LogP) is 5.56. The maximum absolute atomic E-state index is 13.4. The number of carbonyl (C=O) groups is 2. The van der Waals surface area contributed by atoms with Gasteiger partial charge in [0.2, 0.25) is 0 Å². The van der Waals surface area contributed by atoms with Gasteiger partial charge < -0.3 is 24.4 Å². The van der Waals surface area contributed by atoms with Crippen molar-refractivity contribution in [3.05, 3.63) is 95.1 Å². The van der Waals surface area contributed by atoms with Gasteiger partial charge in [0.1, 0.15) is 23.0 Å². The van der Waals surface area contributed by atoms with Crippen molar-refractivity contribution < 1.29 is 24.2 Å². The lowest BCUT2D eigenvalue weighted by Gasteiger charge is -2.28. The van der Waals surface area contributed by atoms with Crippen LogP contribution in [0.2, 0.25) is 0 Å².